The van der Waals surface area contributed by atoms with Crippen LogP contribution in [0.15, 0.2) is 54.9 Å². The third kappa shape index (κ3) is 3.45. The largest absolute Gasteiger partial charge is 0.387 e. The summed E-state index contributed by atoms with van der Waals surface area (Å²) in [7, 11) is 0. The van der Waals surface area contributed by atoms with Crippen molar-refractivity contribution in [2.45, 2.75) is 6.54 Å². The number of aromatic nitrogens is 2. The SMILES string of the molecule is N=C(N)CN1CC(=N)c2c([nH]c(-c3ccncc3)c2Nc2ccccc2)C1. The summed E-state index contributed by atoms with van der Waals surface area (Å²) in [4.78, 5) is 9.58. The maximum absolute atomic E-state index is 8.60. The highest BCUT2D eigenvalue weighted by Crippen LogP contribution is 2.37. The van der Waals surface area contributed by atoms with Crippen LogP contribution in [0.1, 0.15) is 11.3 Å². The predicted octanol–water partition coefficient (Wildman–Crippen LogP) is 2.94. The first-order valence-corrected chi connectivity index (χ1v) is 8.72. The molecule has 136 valence electrons. The molecule has 0 bridgehead atoms. The summed E-state index contributed by atoms with van der Waals surface area (Å²) in [5, 5.41) is 19.6. The first-order chi connectivity index (χ1) is 13.1. The van der Waals surface area contributed by atoms with E-state index in [0.717, 1.165) is 33.9 Å². The first-order valence-electron chi connectivity index (χ1n) is 8.72. The Morgan fingerprint density at radius 1 is 1.15 bits per heavy atom. The van der Waals surface area contributed by atoms with E-state index in [2.05, 4.69) is 15.3 Å². The molecule has 7 nitrogen and oxygen atoms in total. The van der Waals surface area contributed by atoms with Gasteiger partial charge in [-0.3, -0.25) is 15.3 Å². The van der Waals surface area contributed by atoms with Crippen molar-refractivity contribution < 1.29 is 0 Å². The number of para-hydroxylation sites is 1. The molecule has 0 saturated carbocycles. The van der Waals surface area contributed by atoms with Gasteiger partial charge in [0.25, 0.3) is 0 Å². The van der Waals surface area contributed by atoms with Crippen LogP contribution in [0.5, 0.6) is 0 Å². The fraction of sp³-hybridized carbons (Fsp3) is 0.150. The minimum absolute atomic E-state index is 0.106. The van der Waals surface area contributed by atoms with Gasteiger partial charge in [0.15, 0.2) is 0 Å². The molecule has 1 aliphatic rings. The maximum atomic E-state index is 8.60. The summed E-state index contributed by atoms with van der Waals surface area (Å²) in [6.45, 7) is 1.43. The Labute approximate surface area is 157 Å². The van der Waals surface area contributed by atoms with Crippen molar-refractivity contribution in [1.29, 1.82) is 10.8 Å². The van der Waals surface area contributed by atoms with Gasteiger partial charge < -0.3 is 21.4 Å². The molecular weight excluding hydrogens is 338 g/mol. The molecule has 4 rings (SSSR count). The number of hydrogen-bond donors (Lipinski definition) is 5. The fourth-order valence-corrected chi connectivity index (χ4v) is 3.46. The zero-order chi connectivity index (χ0) is 18.8. The smallest absolute Gasteiger partial charge is 0.105 e. The molecule has 0 amide bonds. The summed E-state index contributed by atoms with van der Waals surface area (Å²) < 4.78 is 0. The molecule has 0 aliphatic carbocycles. The van der Waals surface area contributed by atoms with Gasteiger partial charge in [0.05, 0.1) is 23.6 Å². The molecular formula is C20H21N7. The number of benzene rings is 1. The first kappa shape index (κ1) is 17.0. The Balaban J connectivity index is 1.80. The Bertz CT molecular complexity index is 976. The summed E-state index contributed by atoms with van der Waals surface area (Å²) in [5.41, 5.74) is 11.7. The van der Waals surface area contributed by atoms with Crippen molar-refractivity contribution in [1.82, 2.24) is 14.9 Å². The second-order valence-electron chi connectivity index (χ2n) is 6.60. The number of fused-ring (bicyclic) bond motifs is 1. The van der Waals surface area contributed by atoms with E-state index in [-0.39, 0.29) is 5.84 Å². The van der Waals surface area contributed by atoms with Crippen molar-refractivity contribution in [2.75, 3.05) is 18.4 Å². The third-order valence-electron chi connectivity index (χ3n) is 4.55. The summed E-state index contributed by atoms with van der Waals surface area (Å²) in [6.07, 6.45) is 3.52. The summed E-state index contributed by atoms with van der Waals surface area (Å²) >= 11 is 0. The molecule has 1 aromatic carbocycles. The molecule has 3 aromatic rings. The Morgan fingerprint density at radius 3 is 2.59 bits per heavy atom. The molecule has 7 heteroatoms. The molecule has 0 radical (unpaired) electrons. The normalized spacial score (nSPS) is 14.0. The van der Waals surface area contributed by atoms with Gasteiger partial charge in [0.1, 0.15) is 5.84 Å². The second-order valence-corrected chi connectivity index (χ2v) is 6.60. The van der Waals surface area contributed by atoms with Crippen LogP contribution in [0.25, 0.3) is 11.3 Å². The molecule has 1 aliphatic heterocycles. The predicted molar refractivity (Wildman–Crippen MR) is 108 cm³/mol. The molecule has 6 N–H and O–H groups in total. The number of pyridine rings is 1. The highest BCUT2D eigenvalue weighted by Gasteiger charge is 2.28. The van der Waals surface area contributed by atoms with Crippen LogP contribution in [0, 0.1) is 10.8 Å². The lowest BCUT2D eigenvalue weighted by molar-refractivity contribution is 0.334. The monoisotopic (exact) mass is 359 g/mol. The Kier molecular flexibility index (Phi) is 4.43. The van der Waals surface area contributed by atoms with Gasteiger partial charge in [-0.25, -0.2) is 0 Å². The van der Waals surface area contributed by atoms with Gasteiger partial charge in [-0.2, -0.15) is 0 Å². The number of nitrogens with two attached hydrogens (primary N) is 1. The van der Waals surface area contributed by atoms with Crippen LogP contribution in [0.2, 0.25) is 0 Å². The van der Waals surface area contributed by atoms with E-state index in [4.69, 9.17) is 16.6 Å². The van der Waals surface area contributed by atoms with Crippen molar-refractivity contribution in [2.24, 2.45) is 5.73 Å². The van der Waals surface area contributed by atoms with Gasteiger partial charge in [-0.15, -0.1) is 0 Å². The number of nitrogens with one attached hydrogen (secondary N) is 4. The van der Waals surface area contributed by atoms with E-state index in [0.29, 0.717) is 25.3 Å². The third-order valence-corrected chi connectivity index (χ3v) is 4.55. The second kappa shape index (κ2) is 7.05. The topological polar surface area (TPSA) is 118 Å². The standard InChI is InChI=1S/C20H21N7/c21-15-10-27(12-17(22)23)11-16-18(15)20(25-14-4-2-1-3-5-14)19(26-16)13-6-8-24-9-7-13/h1-9,21,25-26H,10-12H2,(H3,22,23). The number of hydrogen-bond acceptors (Lipinski definition) is 5. The van der Waals surface area contributed by atoms with E-state index in [9.17, 15) is 0 Å². The lowest BCUT2D eigenvalue weighted by Gasteiger charge is -2.27. The average molecular weight is 359 g/mol. The van der Waals surface area contributed by atoms with Gasteiger partial charge >= 0.3 is 0 Å². The molecule has 0 spiro atoms. The highest BCUT2D eigenvalue weighted by molar-refractivity contribution is 6.09. The van der Waals surface area contributed by atoms with Crippen molar-refractivity contribution in [3.8, 4) is 11.3 Å². The van der Waals surface area contributed by atoms with E-state index in [1.54, 1.807) is 12.4 Å². The van der Waals surface area contributed by atoms with Crippen LogP contribution in [-0.2, 0) is 6.54 Å². The molecule has 3 heterocycles. The number of aromatic amines is 1. The Hall–Kier alpha value is -3.45. The number of nitrogens with zero attached hydrogens (tertiary/aromatic N) is 2. The average Bonchev–Trinajstić information content (AvgIpc) is 3.01. The Morgan fingerprint density at radius 2 is 1.89 bits per heavy atom. The van der Waals surface area contributed by atoms with Gasteiger partial charge in [0, 0.05) is 48.0 Å². The summed E-state index contributed by atoms with van der Waals surface area (Å²) in [6, 6.07) is 13.8. The van der Waals surface area contributed by atoms with Gasteiger partial charge in [0.2, 0.25) is 0 Å². The minimum atomic E-state index is 0.106. The molecule has 2 aromatic heterocycles. The van der Waals surface area contributed by atoms with Crippen LogP contribution in [-0.4, -0.2) is 39.5 Å². The molecule has 0 fully saturated rings. The van der Waals surface area contributed by atoms with Crippen LogP contribution >= 0.6 is 0 Å². The molecule has 0 atom stereocenters. The van der Waals surface area contributed by atoms with E-state index >= 15 is 0 Å². The van der Waals surface area contributed by atoms with E-state index in [1.165, 1.54) is 0 Å². The van der Waals surface area contributed by atoms with E-state index < -0.39 is 0 Å². The van der Waals surface area contributed by atoms with Crippen molar-refractivity contribution in [3.63, 3.8) is 0 Å². The number of H-pyrrole nitrogens is 1. The molecule has 27 heavy (non-hydrogen) atoms. The van der Waals surface area contributed by atoms with Gasteiger partial charge in [-0.05, 0) is 24.3 Å². The minimum Gasteiger partial charge on any atom is -0.387 e. The van der Waals surface area contributed by atoms with Crippen LogP contribution < -0.4 is 11.1 Å². The van der Waals surface area contributed by atoms with Crippen LogP contribution in [0.4, 0.5) is 11.4 Å². The number of rotatable bonds is 5. The quantitative estimate of drug-likeness (QED) is 0.355. The maximum Gasteiger partial charge on any atom is 0.105 e. The highest BCUT2D eigenvalue weighted by atomic mass is 15.2. The number of amidine groups is 1. The number of anilines is 2. The van der Waals surface area contributed by atoms with Crippen molar-refractivity contribution in [3.05, 3.63) is 66.1 Å². The molecule has 0 saturated heterocycles. The zero-order valence-corrected chi connectivity index (χ0v) is 14.8. The lowest BCUT2D eigenvalue weighted by atomic mass is 10.0. The van der Waals surface area contributed by atoms with E-state index in [1.807, 2.05) is 47.4 Å². The van der Waals surface area contributed by atoms with Crippen molar-refractivity contribution >= 4 is 22.9 Å². The molecule has 0 unspecified atom stereocenters. The lowest BCUT2D eigenvalue weighted by Crippen LogP contribution is -2.40. The van der Waals surface area contributed by atoms with Crippen LogP contribution in [0.3, 0.4) is 0 Å². The zero-order valence-electron chi connectivity index (χ0n) is 14.8. The van der Waals surface area contributed by atoms with Gasteiger partial charge in [-0.1, -0.05) is 18.2 Å². The summed E-state index contributed by atoms with van der Waals surface area (Å²) in [5.74, 6) is 0.106. The fourth-order valence-electron chi connectivity index (χ4n) is 3.46.